The number of nitrogens with zero attached hydrogens (tertiary/aromatic N) is 12. The summed E-state index contributed by atoms with van der Waals surface area (Å²) in [6.45, 7) is 10.0. The molecule has 0 radical (unpaired) electrons. The second-order valence-electron chi connectivity index (χ2n) is 31.1. The summed E-state index contributed by atoms with van der Waals surface area (Å²) in [4.78, 5) is 89.2. The zero-order chi connectivity index (χ0) is 95.8. The van der Waals surface area contributed by atoms with Crippen LogP contribution in [0.25, 0.3) is 44.7 Å². The first-order valence-electron chi connectivity index (χ1n) is 43.2. The Bertz CT molecular complexity index is 5970. The van der Waals surface area contributed by atoms with E-state index in [1.165, 1.54) is 174 Å². The lowest BCUT2D eigenvalue weighted by Crippen LogP contribution is -2.14. The van der Waals surface area contributed by atoms with Crippen LogP contribution in [0.3, 0.4) is 0 Å². The first kappa shape index (κ1) is 107. The maximum Gasteiger partial charge on any atom is 0.356 e. The molecule has 726 valence electrons. The SMILES string of the molecule is CCCCCCCCCCCCCCCCCCOCCOP(=O)(COCCn1cnc2c(=O)[nH]c(N)nc21)OCc1cccc(F)c1.COc1ccc(COP(C)(=O)COCCn2cnc3c(=O)[nH]c(N)nc32)cc1Cl.COc1ccc(COP(C)(=O)COCCn2cnc3c(=O)[nH]c(N)nc32)cc1F.CP(=O)(COCCn1cnc2c(=O)[nH]c(N)nc21)OCc1cccc(Cl)c1. The van der Waals surface area contributed by atoms with E-state index in [4.69, 9.17) is 102 Å². The lowest BCUT2D eigenvalue weighted by atomic mass is 10.0. The van der Waals surface area contributed by atoms with E-state index in [9.17, 15) is 46.2 Å². The van der Waals surface area contributed by atoms with E-state index in [-0.39, 0.29) is 150 Å². The number of nitrogens with one attached hydrogen (secondary N) is 4. The molecule has 8 aromatic heterocycles. The Morgan fingerprint density at radius 3 is 1.09 bits per heavy atom. The fourth-order valence-electron chi connectivity index (χ4n) is 13.0. The smallest absolute Gasteiger partial charge is 0.356 e. The summed E-state index contributed by atoms with van der Waals surface area (Å²) in [5.41, 5.74) is 25.5. The lowest BCUT2D eigenvalue weighted by Gasteiger charge is -2.19. The molecule has 0 aliphatic carbocycles. The number of aromatic amines is 4. The third-order valence-corrected chi connectivity index (χ3v) is 26.0. The summed E-state index contributed by atoms with van der Waals surface area (Å²) < 4.78 is 150. The zero-order valence-corrected chi connectivity index (χ0v) is 80.4. The van der Waals surface area contributed by atoms with E-state index in [2.05, 4.69) is 66.7 Å². The van der Waals surface area contributed by atoms with Gasteiger partial charge in [0.15, 0.2) is 56.2 Å². The number of methoxy groups -OCH3 is 2. The minimum absolute atomic E-state index is 0.00778. The number of fused-ring (bicyclic) bond motifs is 4. The highest BCUT2D eigenvalue weighted by Gasteiger charge is 2.27. The molecule has 48 heteroatoms. The molecular formula is C85H118Cl2F2N20O20P4. The molecule has 0 saturated carbocycles. The van der Waals surface area contributed by atoms with Crippen molar-refractivity contribution >= 4 is 121 Å². The highest BCUT2D eigenvalue weighted by molar-refractivity contribution is 7.58. The molecule has 4 aromatic carbocycles. The number of H-pyrrole nitrogens is 4. The van der Waals surface area contributed by atoms with Crippen molar-refractivity contribution in [2.45, 2.75) is 162 Å². The van der Waals surface area contributed by atoms with Gasteiger partial charge in [0.05, 0.1) is 111 Å². The minimum atomic E-state index is -3.70. The molecule has 12 rings (SSSR count). The molecule has 12 N–H and O–H groups in total. The Balaban J connectivity index is 0.000000206. The summed E-state index contributed by atoms with van der Waals surface area (Å²) >= 11 is 12.0. The third-order valence-electron chi connectivity index (χ3n) is 19.9. The molecule has 0 aliphatic rings. The molecular weight excluding hydrogens is 1850 g/mol. The van der Waals surface area contributed by atoms with Gasteiger partial charge in [-0.1, -0.05) is 163 Å². The second-order valence-corrected chi connectivity index (χ2v) is 41.6. The molecule has 0 saturated heterocycles. The Morgan fingerprint density at radius 2 is 0.722 bits per heavy atom. The maximum absolute atomic E-state index is 13.7. The molecule has 12 aromatic rings. The number of aromatic nitrogens is 16. The Hall–Kier alpha value is -9.96. The molecule has 0 amide bonds. The van der Waals surface area contributed by atoms with Crippen LogP contribution in [-0.4, -0.2) is 184 Å². The number of benzene rings is 4. The van der Waals surface area contributed by atoms with Crippen molar-refractivity contribution in [3.05, 3.63) is 196 Å². The molecule has 0 bridgehead atoms. The predicted octanol–water partition coefficient (Wildman–Crippen LogP) is 15.4. The van der Waals surface area contributed by atoms with Crippen molar-refractivity contribution in [2.75, 3.05) is 129 Å². The number of halogens is 4. The van der Waals surface area contributed by atoms with Gasteiger partial charge in [0.2, 0.25) is 45.9 Å². The van der Waals surface area contributed by atoms with Crippen molar-refractivity contribution in [1.82, 2.24) is 78.1 Å². The normalized spacial score (nSPS) is 13.3. The number of unbranched alkanes of at least 4 members (excludes halogenated alkanes) is 15. The molecule has 133 heavy (non-hydrogen) atoms. The van der Waals surface area contributed by atoms with E-state index in [1.54, 1.807) is 72.9 Å². The maximum atomic E-state index is 13.7. The highest BCUT2D eigenvalue weighted by Crippen LogP contribution is 2.49. The molecule has 0 spiro atoms. The first-order chi connectivity index (χ1) is 63.8. The van der Waals surface area contributed by atoms with Gasteiger partial charge in [-0.15, -0.1) is 0 Å². The minimum Gasteiger partial charge on any atom is -0.495 e. The summed E-state index contributed by atoms with van der Waals surface area (Å²) in [6, 6.07) is 22.6. The van der Waals surface area contributed by atoms with Gasteiger partial charge < -0.3 is 97.0 Å². The summed E-state index contributed by atoms with van der Waals surface area (Å²) in [5, 5.41) is 1.05. The fourth-order valence-corrected chi connectivity index (χ4v) is 17.7. The van der Waals surface area contributed by atoms with Crippen molar-refractivity contribution in [2.24, 2.45) is 0 Å². The lowest BCUT2D eigenvalue weighted by molar-refractivity contribution is 0.0756. The van der Waals surface area contributed by atoms with E-state index in [0.29, 0.717) is 75.8 Å². The largest absolute Gasteiger partial charge is 0.495 e. The van der Waals surface area contributed by atoms with Gasteiger partial charge in [0, 0.05) is 57.8 Å². The number of ether oxygens (including phenoxy) is 7. The predicted molar refractivity (Wildman–Crippen MR) is 506 cm³/mol. The van der Waals surface area contributed by atoms with Crippen molar-refractivity contribution in [1.29, 1.82) is 0 Å². The van der Waals surface area contributed by atoms with Gasteiger partial charge in [-0.2, -0.15) is 19.9 Å². The molecule has 4 unspecified atom stereocenters. The first-order valence-corrected chi connectivity index (χ1v) is 52.4. The zero-order valence-electron chi connectivity index (χ0n) is 75.3. The average Bonchev–Trinajstić information content (AvgIpc) is 1.68. The van der Waals surface area contributed by atoms with Gasteiger partial charge in [-0.05, 0) is 77.2 Å². The van der Waals surface area contributed by atoms with Crippen LogP contribution < -0.4 is 54.6 Å². The number of hydrogen-bond acceptors (Lipinski definition) is 32. The van der Waals surface area contributed by atoms with Crippen LogP contribution in [0.4, 0.5) is 32.6 Å². The van der Waals surface area contributed by atoms with Crippen molar-refractivity contribution < 1.29 is 82.8 Å². The number of anilines is 4. The average molecular weight is 1970 g/mol. The fraction of sp³-hybridized carbons (Fsp3) is 0.482. The van der Waals surface area contributed by atoms with Crippen LogP contribution in [0.2, 0.25) is 10.0 Å². The molecule has 0 fully saturated rings. The van der Waals surface area contributed by atoms with Gasteiger partial charge in [-0.25, -0.2) is 28.7 Å². The number of imidazole rings is 4. The van der Waals surface area contributed by atoms with E-state index < -0.39 is 63.6 Å². The Kier molecular flexibility index (Phi) is 43.8. The Morgan fingerprint density at radius 1 is 0.376 bits per heavy atom. The molecule has 40 nitrogen and oxygen atoms in total. The van der Waals surface area contributed by atoms with Crippen LogP contribution in [0, 0.1) is 11.6 Å². The molecule has 4 atom stereocenters. The number of hydrogen-bond donors (Lipinski definition) is 8. The molecule has 8 heterocycles. The number of nitrogens with two attached hydrogens (primary N) is 4. The van der Waals surface area contributed by atoms with E-state index in [0.717, 1.165) is 24.0 Å². The van der Waals surface area contributed by atoms with Gasteiger partial charge in [0.25, 0.3) is 22.2 Å². The van der Waals surface area contributed by atoms with Gasteiger partial charge >= 0.3 is 7.60 Å². The number of nitrogen functional groups attached to an aromatic ring is 4. The third kappa shape index (κ3) is 36.7. The van der Waals surface area contributed by atoms with Crippen LogP contribution in [0.15, 0.2) is 129 Å². The standard InChI is InChI=1S/C35H57FN5O6P.C17H21ClN5O5P.C17H21FN5O5P.C16H19ClN5O4P/c1-2-3-4-5-6-7-8-9-10-11-12-13-14-15-16-17-22-44-24-25-46-48(43,47-27-30-19-18-20-31(36)26-30)29-45-23-21-41-28-38-32-33(41)39-35(37)40-34(32)42;2*1-26-13-4-3-11(7-12(13)18)8-28-29(2,25)10-27-6-5-23-9-20-14-15(23)21-17(19)22-16(14)24;1-27(24,26-8-11-3-2-4-12(17)7-11)10-25-6-5-22-9-19-13-14(22)20-16(18)21-15(13)23/h18-20,26,28H,2-17,21-25,27,29H2,1H3,(H3,37,39,40,42);2*3-4,7,9H,5-6,8,10H2,1-2H3,(H3,19,21,22,24);2-4,7,9H,5-6,8,10H2,1H3,(H3,18,20,21,23). The van der Waals surface area contributed by atoms with Crippen LogP contribution in [-0.2, 0) is 117 Å². The van der Waals surface area contributed by atoms with Crippen LogP contribution in [0.1, 0.15) is 132 Å². The van der Waals surface area contributed by atoms with E-state index in [1.807, 2.05) is 6.07 Å². The summed E-state index contributed by atoms with van der Waals surface area (Å²) in [6.07, 6.45) is 26.4. The molecule has 0 aliphatic heterocycles. The highest BCUT2D eigenvalue weighted by atomic mass is 35.5. The van der Waals surface area contributed by atoms with Crippen molar-refractivity contribution in [3.8, 4) is 11.5 Å². The van der Waals surface area contributed by atoms with E-state index >= 15 is 0 Å². The monoisotopic (exact) mass is 1970 g/mol. The summed E-state index contributed by atoms with van der Waals surface area (Å²) in [5.74, 6) is -0.242. The van der Waals surface area contributed by atoms with Gasteiger partial charge in [-0.3, -0.25) is 57.4 Å². The summed E-state index contributed by atoms with van der Waals surface area (Å²) in [7, 11) is -9.75. The van der Waals surface area contributed by atoms with Crippen LogP contribution >= 0.6 is 52.9 Å². The van der Waals surface area contributed by atoms with Gasteiger partial charge in [0.1, 0.15) is 37.0 Å². The van der Waals surface area contributed by atoms with Crippen LogP contribution in [0.5, 0.6) is 11.5 Å². The topological polar surface area (TPSA) is 537 Å². The Labute approximate surface area is 776 Å². The number of rotatable bonds is 55. The van der Waals surface area contributed by atoms with Crippen molar-refractivity contribution in [3.63, 3.8) is 0 Å². The second kappa shape index (κ2) is 54.6. The quantitative estimate of drug-likeness (QED) is 0.0130.